The Balaban J connectivity index is 1.73. The van der Waals surface area contributed by atoms with Crippen molar-refractivity contribution in [1.82, 2.24) is 15.0 Å². The first kappa shape index (κ1) is 11.9. The number of rotatable bonds is 3. The number of carbonyl (C=O) groups excluding carboxylic acids is 1. The number of benzene rings is 1. The van der Waals surface area contributed by atoms with Crippen molar-refractivity contribution < 1.29 is 9.53 Å². The first-order valence-electron chi connectivity index (χ1n) is 6.36. The summed E-state index contributed by atoms with van der Waals surface area (Å²) in [5.41, 5.74) is 2.72. The van der Waals surface area contributed by atoms with Crippen LogP contribution in [0.3, 0.4) is 0 Å². The van der Waals surface area contributed by atoms with Crippen molar-refractivity contribution in [3.8, 4) is 5.75 Å². The highest BCUT2D eigenvalue weighted by Gasteiger charge is 2.17. The maximum Gasteiger partial charge on any atom is 0.163 e. The number of hydrogen-bond acceptors (Lipinski definition) is 4. The minimum Gasteiger partial charge on any atom is -0.487 e. The van der Waals surface area contributed by atoms with Crippen LogP contribution >= 0.6 is 0 Å². The van der Waals surface area contributed by atoms with Gasteiger partial charge in [0.2, 0.25) is 0 Å². The predicted molar refractivity (Wildman–Crippen MR) is 69.0 cm³/mol. The second-order valence-electron chi connectivity index (χ2n) is 4.77. The van der Waals surface area contributed by atoms with Gasteiger partial charge in [0.15, 0.2) is 5.78 Å². The van der Waals surface area contributed by atoms with E-state index in [1.54, 1.807) is 4.68 Å². The summed E-state index contributed by atoms with van der Waals surface area (Å²) >= 11 is 0. The van der Waals surface area contributed by atoms with Crippen LogP contribution in [0.4, 0.5) is 0 Å². The number of hydrogen-bond donors (Lipinski definition) is 0. The molecule has 0 N–H and O–H groups in total. The van der Waals surface area contributed by atoms with Crippen molar-refractivity contribution in [2.45, 2.75) is 25.9 Å². The van der Waals surface area contributed by atoms with E-state index in [9.17, 15) is 4.79 Å². The van der Waals surface area contributed by atoms with Gasteiger partial charge in [-0.1, -0.05) is 5.21 Å². The normalized spacial score (nSPS) is 14.3. The second-order valence-corrected chi connectivity index (χ2v) is 4.77. The molecule has 0 atom stereocenters. The van der Waals surface area contributed by atoms with E-state index in [0.29, 0.717) is 13.0 Å². The Morgan fingerprint density at radius 2 is 2.26 bits per heavy atom. The van der Waals surface area contributed by atoms with E-state index in [-0.39, 0.29) is 5.78 Å². The Labute approximate surface area is 111 Å². The van der Waals surface area contributed by atoms with Gasteiger partial charge in [-0.05, 0) is 36.6 Å². The fourth-order valence-corrected chi connectivity index (χ4v) is 2.33. The van der Waals surface area contributed by atoms with E-state index in [0.717, 1.165) is 35.4 Å². The van der Waals surface area contributed by atoms with Crippen LogP contribution < -0.4 is 4.74 Å². The maximum absolute atomic E-state index is 11.7. The highest BCUT2D eigenvalue weighted by atomic mass is 16.5. The Bertz CT molecular complexity index is 619. The molecule has 0 amide bonds. The summed E-state index contributed by atoms with van der Waals surface area (Å²) in [4.78, 5) is 11.7. The van der Waals surface area contributed by atoms with E-state index in [2.05, 4.69) is 10.3 Å². The lowest BCUT2D eigenvalue weighted by Gasteiger charge is -2.15. The number of aryl methyl sites for hydroxylation is 2. The average Bonchev–Trinajstić information content (AvgIpc) is 2.82. The van der Waals surface area contributed by atoms with Gasteiger partial charge in [0.05, 0.1) is 6.20 Å². The van der Waals surface area contributed by atoms with Crippen molar-refractivity contribution >= 4 is 5.78 Å². The highest BCUT2D eigenvalue weighted by molar-refractivity contribution is 5.98. The van der Waals surface area contributed by atoms with Gasteiger partial charge < -0.3 is 4.74 Å². The molecule has 1 heterocycles. The van der Waals surface area contributed by atoms with Crippen LogP contribution in [-0.4, -0.2) is 20.8 Å². The van der Waals surface area contributed by atoms with Crippen LogP contribution in [0.5, 0.6) is 5.75 Å². The van der Waals surface area contributed by atoms with Gasteiger partial charge in [-0.25, -0.2) is 0 Å². The molecule has 3 rings (SSSR count). The topological polar surface area (TPSA) is 57.0 Å². The maximum atomic E-state index is 11.7. The molecule has 1 aliphatic rings. The lowest BCUT2D eigenvalue weighted by atomic mass is 9.91. The summed E-state index contributed by atoms with van der Waals surface area (Å²) in [6.45, 7) is 0.389. The van der Waals surface area contributed by atoms with Crippen LogP contribution in [0.15, 0.2) is 24.4 Å². The molecule has 5 nitrogen and oxygen atoms in total. The molecule has 1 aromatic carbocycles. The molecule has 0 spiro atoms. The largest absolute Gasteiger partial charge is 0.487 e. The molecule has 0 saturated carbocycles. The van der Waals surface area contributed by atoms with Crippen LogP contribution in [0.1, 0.15) is 34.5 Å². The predicted octanol–water partition coefficient (Wildman–Crippen LogP) is 1.91. The van der Waals surface area contributed by atoms with Gasteiger partial charge in [-0.3, -0.25) is 9.48 Å². The SMILES string of the molecule is Cn1cc(COc2ccc3c(c2)CCCC3=O)nn1. The van der Waals surface area contributed by atoms with Gasteiger partial charge >= 0.3 is 0 Å². The molecule has 19 heavy (non-hydrogen) atoms. The van der Waals surface area contributed by atoms with Crippen LogP contribution in [0, 0.1) is 0 Å². The van der Waals surface area contributed by atoms with Crippen LogP contribution in [0.25, 0.3) is 0 Å². The summed E-state index contributed by atoms with van der Waals surface area (Å²) < 4.78 is 7.32. The highest BCUT2D eigenvalue weighted by Crippen LogP contribution is 2.25. The minimum atomic E-state index is 0.238. The Hall–Kier alpha value is -2.17. The van der Waals surface area contributed by atoms with Gasteiger partial charge in [-0.2, -0.15) is 0 Å². The zero-order valence-corrected chi connectivity index (χ0v) is 10.8. The third kappa shape index (κ3) is 2.50. The number of nitrogens with zero attached hydrogens (tertiary/aromatic N) is 3. The monoisotopic (exact) mass is 257 g/mol. The van der Waals surface area contributed by atoms with E-state index in [1.165, 1.54) is 0 Å². The number of ether oxygens (including phenoxy) is 1. The molecule has 2 aromatic rings. The summed E-state index contributed by atoms with van der Waals surface area (Å²) in [6, 6.07) is 5.67. The van der Waals surface area contributed by atoms with E-state index >= 15 is 0 Å². The van der Waals surface area contributed by atoms with Crippen LogP contribution in [-0.2, 0) is 20.1 Å². The molecule has 98 valence electrons. The third-order valence-electron chi connectivity index (χ3n) is 3.26. The van der Waals surface area contributed by atoms with Gasteiger partial charge in [-0.15, -0.1) is 5.10 Å². The van der Waals surface area contributed by atoms with Crippen molar-refractivity contribution in [3.05, 3.63) is 41.2 Å². The average molecular weight is 257 g/mol. The number of aromatic nitrogens is 3. The molecule has 5 heteroatoms. The molecule has 0 bridgehead atoms. The standard InChI is InChI=1S/C14H15N3O2/c1-17-8-11(15-16-17)9-19-12-5-6-13-10(7-12)3-2-4-14(13)18/h5-8H,2-4,9H2,1H3. The number of ketones is 1. The molecular weight excluding hydrogens is 242 g/mol. The Morgan fingerprint density at radius 3 is 3.05 bits per heavy atom. The fraction of sp³-hybridized carbons (Fsp3) is 0.357. The number of fused-ring (bicyclic) bond motifs is 1. The van der Waals surface area contributed by atoms with Gasteiger partial charge in [0.25, 0.3) is 0 Å². The number of carbonyl (C=O) groups is 1. The molecule has 0 radical (unpaired) electrons. The molecule has 0 saturated heterocycles. The van der Waals surface area contributed by atoms with Gasteiger partial charge in [0, 0.05) is 19.0 Å². The van der Waals surface area contributed by atoms with E-state index < -0.39 is 0 Å². The number of Topliss-reactive ketones (excluding diaryl/α,β-unsaturated/α-hetero) is 1. The molecular formula is C14H15N3O2. The quantitative estimate of drug-likeness (QED) is 0.842. The van der Waals surface area contributed by atoms with Crippen molar-refractivity contribution in [2.24, 2.45) is 7.05 Å². The molecule has 1 aliphatic carbocycles. The molecule has 0 aliphatic heterocycles. The van der Waals surface area contributed by atoms with Gasteiger partial charge in [0.1, 0.15) is 18.1 Å². The summed E-state index contributed by atoms with van der Waals surface area (Å²) in [7, 11) is 1.82. The zero-order chi connectivity index (χ0) is 13.2. The van der Waals surface area contributed by atoms with E-state index in [4.69, 9.17) is 4.74 Å². The molecule has 0 unspecified atom stereocenters. The summed E-state index contributed by atoms with van der Waals surface area (Å²) in [6.07, 6.45) is 4.36. The first-order valence-corrected chi connectivity index (χ1v) is 6.36. The summed E-state index contributed by atoms with van der Waals surface area (Å²) in [5, 5.41) is 7.82. The fourth-order valence-electron chi connectivity index (χ4n) is 2.33. The molecule has 1 aromatic heterocycles. The zero-order valence-electron chi connectivity index (χ0n) is 10.8. The lowest BCUT2D eigenvalue weighted by Crippen LogP contribution is -2.10. The first-order chi connectivity index (χ1) is 9.22. The minimum absolute atomic E-state index is 0.238. The summed E-state index contributed by atoms with van der Waals surface area (Å²) in [5.74, 6) is 1.01. The lowest BCUT2D eigenvalue weighted by molar-refractivity contribution is 0.0972. The van der Waals surface area contributed by atoms with Crippen molar-refractivity contribution in [2.75, 3.05) is 0 Å². The van der Waals surface area contributed by atoms with Crippen molar-refractivity contribution in [1.29, 1.82) is 0 Å². The Morgan fingerprint density at radius 1 is 1.37 bits per heavy atom. The van der Waals surface area contributed by atoms with Crippen LogP contribution in [0.2, 0.25) is 0 Å². The van der Waals surface area contributed by atoms with Crippen molar-refractivity contribution in [3.63, 3.8) is 0 Å². The Kier molecular flexibility index (Phi) is 3.03. The second kappa shape index (κ2) is 4.84. The third-order valence-corrected chi connectivity index (χ3v) is 3.26. The molecule has 0 fully saturated rings. The van der Waals surface area contributed by atoms with E-state index in [1.807, 2.05) is 31.4 Å². The smallest absolute Gasteiger partial charge is 0.163 e.